The van der Waals surface area contributed by atoms with E-state index >= 15 is 0 Å². The van der Waals surface area contributed by atoms with Gasteiger partial charge in [-0.25, -0.2) is 0 Å². The van der Waals surface area contributed by atoms with Gasteiger partial charge in [0.15, 0.2) is 6.61 Å². The van der Waals surface area contributed by atoms with E-state index in [1.54, 1.807) is 18.2 Å². The van der Waals surface area contributed by atoms with Crippen LogP contribution in [0.1, 0.15) is 11.1 Å². The summed E-state index contributed by atoms with van der Waals surface area (Å²) in [6, 6.07) is 10.7. The van der Waals surface area contributed by atoms with Crippen LogP contribution in [0.2, 0.25) is 10.0 Å². The molecular weight excluding hydrogens is 377 g/mol. The van der Waals surface area contributed by atoms with Crippen LogP contribution >= 0.6 is 23.2 Å². The van der Waals surface area contributed by atoms with Crippen LogP contribution in [-0.4, -0.2) is 36.9 Å². The first-order valence-corrected chi connectivity index (χ1v) is 8.84. The summed E-state index contributed by atoms with van der Waals surface area (Å²) in [6.45, 7) is 3.79. The van der Waals surface area contributed by atoms with Crippen LogP contribution < -0.4 is 14.8 Å². The Labute approximate surface area is 162 Å². The fourth-order valence-electron chi connectivity index (χ4n) is 2.23. The Morgan fingerprint density at radius 3 is 2.65 bits per heavy atom. The van der Waals surface area contributed by atoms with E-state index in [2.05, 4.69) is 5.32 Å². The predicted molar refractivity (Wildman–Crippen MR) is 102 cm³/mol. The molecule has 2 aromatic carbocycles. The maximum atomic E-state index is 11.8. The van der Waals surface area contributed by atoms with Crippen LogP contribution in [0.4, 0.5) is 0 Å². The van der Waals surface area contributed by atoms with Crippen molar-refractivity contribution in [2.75, 3.05) is 19.8 Å². The molecule has 0 aliphatic heterocycles. The van der Waals surface area contributed by atoms with Gasteiger partial charge in [-0.05, 0) is 37.6 Å². The quantitative estimate of drug-likeness (QED) is 0.714. The molecule has 2 N–H and O–H groups in total. The Morgan fingerprint density at radius 1 is 1.15 bits per heavy atom. The van der Waals surface area contributed by atoms with Crippen molar-refractivity contribution in [1.82, 2.24) is 5.32 Å². The highest BCUT2D eigenvalue weighted by atomic mass is 35.5. The number of hydrogen-bond donors (Lipinski definition) is 2. The van der Waals surface area contributed by atoms with Gasteiger partial charge in [0.2, 0.25) is 0 Å². The van der Waals surface area contributed by atoms with Crippen molar-refractivity contribution in [3.8, 4) is 11.5 Å². The molecule has 1 amide bonds. The third-order valence-electron chi connectivity index (χ3n) is 3.57. The third kappa shape index (κ3) is 6.09. The highest BCUT2D eigenvalue weighted by molar-refractivity contribution is 6.42. The van der Waals surface area contributed by atoms with E-state index < -0.39 is 6.10 Å². The highest BCUT2D eigenvalue weighted by Crippen LogP contribution is 2.31. The number of aliphatic hydroxyl groups excluding tert-OH is 1. The Morgan fingerprint density at radius 2 is 1.92 bits per heavy atom. The smallest absolute Gasteiger partial charge is 0.258 e. The normalized spacial score (nSPS) is 11.7. The number of benzene rings is 2. The van der Waals surface area contributed by atoms with Gasteiger partial charge < -0.3 is 19.9 Å². The molecule has 0 radical (unpaired) electrons. The Bertz CT molecular complexity index is 767. The molecule has 0 aliphatic rings. The zero-order valence-electron chi connectivity index (χ0n) is 14.6. The number of halogens is 2. The largest absolute Gasteiger partial charge is 0.489 e. The van der Waals surface area contributed by atoms with E-state index in [1.165, 1.54) is 0 Å². The average molecular weight is 398 g/mol. The van der Waals surface area contributed by atoms with Crippen LogP contribution in [0.3, 0.4) is 0 Å². The van der Waals surface area contributed by atoms with Gasteiger partial charge in [-0.15, -0.1) is 0 Å². The minimum atomic E-state index is -0.893. The molecule has 7 heteroatoms. The molecule has 2 aromatic rings. The molecule has 1 unspecified atom stereocenters. The molecule has 0 bridgehead atoms. The molecule has 140 valence electrons. The lowest BCUT2D eigenvalue weighted by molar-refractivity contribution is -0.123. The molecule has 1 atom stereocenters. The summed E-state index contributed by atoms with van der Waals surface area (Å²) in [4.78, 5) is 11.8. The topological polar surface area (TPSA) is 67.8 Å². The second-order valence-electron chi connectivity index (χ2n) is 5.88. The van der Waals surface area contributed by atoms with Gasteiger partial charge in [-0.2, -0.15) is 0 Å². The second-order valence-corrected chi connectivity index (χ2v) is 6.66. The van der Waals surface area contributed by atoms with Gasteiger partial charge in [0.05, 0.1) is 5.02 Å². The van der Waals surface area contributed by atoms with Crippen molar-refractivity contribution >= 4 is 29.1 Å². The molecule has 0 saturated heterocycles. The summed E-state index contributed by atoms with van der Waals surface area (Å²) >= 11 is 11.9. The van der Waals surface area contributed by atoms with E-state index in [-0.39, 0.29) is 30.7 Å². The minimum Gasteiger partial charge on any atom is -0.489 e. The van der Waals surface area contributed by atoms with E-state index in [9.17, 15) is 9.90 Å². The summed E-state index contributed by atoms with van der Waals surface area (Å²) < 4.78 is 10.9. The summed E-state index contributed by atoms with van der Waals surface area (Å²) in [5.74, 6) is 0.706. The van der Waals surface area contributed by atoms with Crippen LogP contribution in [-0.2, 0) is 4.79 Å². The van der Waals surface area contributed by atoms with E-state index in [0.717, 1.165) is 11.1 Å². The number of amides is 1. The third-order valence-corrected chi connectivity index (χ3v) is 4.37. The first-order chi connectivity index (χ1) is 12.4. The molecule has 0 heterocycles. The summed E-state index contributed by atoms with van der Waals surface area (Å²) in [5.41, 5.74) is 2.09. The van der Waals surface area contributed by atoms with Gasteiger partial charge in [-0.3, -0.25) is 4.79 Å². The van der Waals surface area contributed by atoms with Crippen molar-refractivity contribution < 1.29 is 19.4 Å². The van der Waals surface area contributed by atoms with Crippen LogP contribution in [0, 0.1) is 13.8 Å². The Kier molecular flexibility index (Phi) is 7.57. The summed E-state index contributed by atoms with van der Waals surface area (Å²) in [7, 11) is 0. The Hall–Kier alpha value is -1.95. The number of ether oxygens (including phenoxy) is 2. The maximum Gasteiger partial charge on any atom is 0.258 e. The second kappa shape index (κ2) is 9.67. The predicted octanol–water partition coefficient (Wildman–Crippen LogP) is 3.55. The van der Waals surface area contributed by atoms with Gasteiger partial charge in [0.25, 0.3) is 5.91 Å². The van der Waals surface area contributed by atoms with Crippen LogP contribution in [0.25, 0.3) is 0 Å². The lowest BCUT2D eigenvalue weighted by atomic mass is 10.1. The lowest BCUT2D eigenvalue weighted by Crippen LogP contribution is -2.37. The first kappa shape index (κ1) is 20.4. The van der Waals surface area contributed by atoms with Crippen molar-refractivity contribution in [2.45, 2.75) is 20.0 Å². The zero-order chi connectivity index (χ0) is 19.1. The van der Waals surface area contributed by atoms with Gasteiger partial charge in [0.1, 0.15) is 29.2 Å². The molecule has 0 spiro atoms. The Balaban J connectivity index is 1.72. The molecule has 5 nitrogen and oxygen atoms in total. The summed E-state index contributed by atoms with van der Waals surface area (Å²) in [5, 5.41) is 13.2. The number of carbonyl (C=O) groups excluding carboxylic acids is 1. The number of nitrogens with one attached hydrogen (secondary N) is 1. The SMILES string of the molecule is Cc1ccc(OCC(=O)NCC(O)COc2cccc(Cl)c2Cl)c(C)c1. The van der Waals surface area contributed by atoms with Crippen molar-refractivity contribution in [3.63, 3.8) is 0 Å². The maximum absolute atomic E-state index is 11.8. The number of carbonyl (C=O) groups is 1. The molecule has 0 fully saturated rings. The highest BCUT2D eigenvalue weighted by Gasteiger charge is 2.11. The monoisotopic (exact) mass is 397 g/mol. The van der Waals surface area contributed by atoms with Crippen molar-refractivity contribution in [3.05, 3.63) is 57.6 Å². The van der Waals surface area contributed by atoms with Gasteiger partial charge in [-0.1, -0.05) is 47.0 Å². The van der Waals surface area contributed by atoms with Crippen molar-refractivity contribution in [2.24, 2.45) is 0 Å². The fraction of sp³-hybridized carbons (Fsp3) is 0.316. The van der Waals surface area contributed by atoms with Crippen LogP contribution in [0.15, 0.2) is 36.4 Å². The molecule has 26 heavy (non-hydrogen) atoms. The molecular formula is C19H21Cl2NO4. The number of aryl methyl sites for hydroxylation is 2. The van der Waals surface area contributed by atoms with Crippen molar-refractivity contribution in [1.29, 1.82) is 0 Å². The van der Waals surface area contributed by atoms with Crippen LogP contribution in [0.5, 0.6) is 11.5 Å². The van der Waals surface area contributed by atoms with E-state index in [4.69, 9.17) is 32.7 Å². The average Bonchev–Trinajstić information content (AvgIpc) is 2.60. The molecule has 0 aromatic heterocycles. The molecule has 0 saturated carbocycles. The fourth-order valence-corrected chi connectivity index (χ4v) is 2.57. The molecule has 2 rings (SSSR count). The van der Waals surface area contributed by atoms with E-state index in [1.807, 2.05) is 32.0 Å². The van der Waals surface area contributed by atoms with E-state index in [0.29, 0.717) is 16.5 Å². The summed E-state index contributed by atoms with van der Waals surface area (Å²) in [6.07, 6.45) is -0.893. The minimum absolute atomic E-state index is 0.0295. The number of hydrogen-bond acceptors (Lipinski definition) is 4. The van der Waals surface area contributed by atoms with Gasteiger partial charge in [0, 0.05) is 6.54 Å². The zero-order valence-corrected chi connectivity index (χ0v) is 16.1. The standard InChI is InChI=1S/C19H21Cl2NO4/c1-12-6-7-16(13(2)8-12)26-11-18(24)22-9-14(23)10-25-17-5-3-4-15(20)19(17)21/h3-8,14,23H,9-11H2,1-2H3,(H,22,24). The first-order valence-electron chi connectivity index (χ1n) is 8.08. The molecule has 0 aliphatic carbocycles. The van der Waals surface area contributed by atoms with Gasteiger partial charge >= 0.3 is 0 Å². The number of aliphatic hydroxyl groups is 1. The number of rotatable bonds is 8. The lowest BCUT2D eigenvalue weighted by Gasteiger charge is -2.15.